The molecule has 0 aliphatic rings. The third kappa shape index (κ3) is 3.73. The first-order valence-electron chi connectivity index (χ1n) is 5.72. The van der Waals surface area contributed by atoms with Crippen molar-refractivity contribution in [1.82, 2.24) is 9.97 Å². The smallest absolute Gasteiger partial charge is 0.146 e. The summed E-state index contributed by atoms with van der Waals surface area (Å²) in [6.45, 7) is 4.01. The molecule has 19 heavy (non-hydrogen) atoms. The third-order valence-electron chi connectivity index (χ3n) is 2.42. The van der Waals surface area contributed by atoms with E-state index in [1.54, 1.807) is 18.2 Å². The highest BCUT2D eigenvalue weighted by atomic mass is 79.9. The zero-order valence-electron chi connectivity index (χ0n) is 10.4. The van der Waals surface area contributed by atoms with Gasteiger partial charge in [-0.05, 0) is 34.1 Å². The average Bonchev–Trinajstić information content (AvgIpc) is 2.33. The van der Waals surface area contributed by atoms with Crippen molar-refractivity contribution in [2.75, 3.05) is 5.32 Å². The molecule has 2 aromatic rings. The van der Waals surface area contributed by atoms with E-state index in [4.69, 9.17) is 0 Å². The maximum Gasteiger partial charge on any atom is 0.146 e. The molecule has 0 saturated heterocycles. The van der Waals surface area contributed by atoms with Crippen LogP contribution in [0.3, 0.4) is 0 Å². The lowest BCUT2D eigenvalue weighted by Gasteiger charge is -2.10. The van der Waals surface area contributed by atoms with Crippen LogP contribution in [0.15, 0.2) is 33.3 Å². The van der Waals surface area contributed by atoms with Crippen molar-refractivity contribution >= 4 is 43.4 Å². The number of nitrogens with zero attached hydrogens (tertiary/aromatic N) is 2. The SMILES string of the molecule is CC(C)c1nc(Br)cc(Nc2cc(Br)ccc2F)n1. The van der Waals surface area contributed by atoms with E-state index in [0.717, 1.165) is 4.47 Å². The second-order valence-corrected chi connectivity index (χ2v) is 6.07. The molecule has 0 fully saturated rings. The maximum absolute atomic E-state index is 13.7. The standard InChI is InChI=1S/C13H12Br2FN3/c1-7(2)13-18-11(15)6-12(19-13)17-10-5-8(14)3-4-9(10)16/h3-7H,1-2H3,(H,17,18,19). The van der Waals surface area contributed by atoms with Gasteiger partial charge in [0.15, 0.2) is 0 Å². The Kier molecular flexibility index (Phi) is 4.52. The minimum atomic E-state index is -0.330. The van der Waals surface area contributed by atoms with Gasteiger partial charge >= 0.3 is 0 Å². The molecule has 1 N–H and O–H groups in total. The van der Waals surface area contributed by atoms with Crippen LogP contribution < -0.4 is 5.32 Å². The lowest BCUT2D eigenvalue weighted by molar-refractivity contribution is 0.631. The summed E-state index contributed by atoms with van der Waals surface area (Å²) >= 11 is 6.65. The highest BCUT2D eigenvalue weighted by molar-refractivity contribution is 9.10. The van der Waals surface area contributed by atoms with Crippen LogP contribution in [0, 0.1) is 5.82 Å². The predicted octanol–water partition coefficient (Wildman–Crippen LogP) is 5.01. The van der Waals surface area contributed by atoms with Crippen LogP contribution >= 0.6 is 31.9 Å². The Hall–Kier alpha value is -1.01. The summed E-state index contributed by atoms with van der Waals surface area (Å²) in [5.74, 6) is 1.13. The van der Waals surface area contributed by atoms with Gasteiger partial charge in [0.2, 0.25) is 0 Å². The number of hydrogen-bond donors (Lipinski definition) is 1. The van der Waals surface area contributed by atoms with Crippen LogP contribution in [-0.4, -0.2) is 9.97 Å². The average molecular weight is 389 g/mol. The molecule has 0 aliphatic carbocycles. The van der Waals surface area contributed by atoms with E-state index in [9.17, 15) is 4.39 Å². The molecule has 0 amide bonds. The lowest BCUT2D eigenvalue weighted by atomic mass is 10.2. The van der Waals surface area contributed by atoms with Crippen LogP contribution in [0.5, 0.6) is 0 Å². The first-order valence-corrected chi connectivity index (χ1v) is 7.31. The van der Waals surface area contributed by atoms with E-state index in [1.807, 2.05) is 13.8 Å². The molecule has 1 aromatic heterocycles. The molecule has 0 bridgehead atoms. The Morgan fingerprint density at radius 1 is 1.16 bits per heavy atom. The zero-order chi connectivity index (χ0) is 14.0. The van der Waals surface area contributed by atoms with Gasteiger partial charge in [-0.3, -0.25) is 0 Å². The van der Waals surface area contributed by atoms with Gasteiger partial charge in [0.05, 0.1) is 5.69 Å². The van der Waals surface area contributed by atoms with Gasteiger partial charge in [0.25, 0.3) is 0 Å². The molecule has 3 nitrogen and oxygen atoms in total. The van der Waals surface area contributed by atoms with E-state index < -0.39 is 0 Å². The highest BCUT2D eigenvalue weighted by Crippen LogP contribution is 2.25. The molecule has 0 aliphatic heterocycles. The van der Waals surface area contributed by atoms with Gasteiger partial charge in [-0.15, -0.1) is 0 Å². The second kappa shape index (κ2) is 5.96. The van der Waals surface area contributed by atoms with Crippen molar-refractivity contribution in [3.63, 3.8) is 0 Å². The molecular formula is C13H12Br2FN3. The molecule has 0 unspecified atom stereocenters. The summed E-state index contributed by atoms with van der Waals surface area (Å²) in [5.41, 5.74) is 0.370. The molecule has 100 valence electrons. The summed E-state index contributed by atoms with van der Waals surface area (Å²) in [5, 5.41) is 2.96. The van der Waals surface area contributed by atoms with Gasteiger partial charge in [-0.25, -0.2) is 14.4 Å². The van der Waals surface area contributed by atoms with Crippen LogP contribution in [-0.2, 0) is 0 Å². The van der Waals surface area contributed by atoms with E-state index in [2.05, 4.69) is 47.1 Å². The number of aromatic nitrogens is 2. The van der Waals surface area contributed by atoms with Crippen molar-refractivity contribution < 1.29 is 4.39 Å². The second-order valence-electron chi connectivity index (χ2n) is 4.34. The van der Waals surface area contributed by atoms with Crippen LogP contribution in [0.1, 0.15) is 25.6 Å². The quantitative estimate of drug-likeness (QED) is 0.751. The van der Waals surface area contributed by atoms with Gasteiger partial charge in [0, 0.05) is 16.5 Å². The summed E-state index contributed by atoms with van der Waals surface area (Å²) < 4.78 is 15.1. The Morgan fingerprint density at radius 2 is 1.89 bits per heavy atom. The van der Waals surface area contributed by atoms with E-state index in [1.165, 1.54) is 6.07 Å². The molecule has 0 atom stereocenters. The van der Waals surface area contributed by atoms with Gasteiger partial charge in [-0.1, -0.05) is 29.8 Å². The van der Waals surface area contributed by atoms with Gasteiger partial charge in [0.1, 0.15) is 22.1 Å². The summed E-state index contributed by atoms with van der Waals surface area (Å²) in [6, 6.07) is 6.43. The number of rotatable bonds is 3. The molecule has 6 heteroatoms. The topological polar surface area (TPSA) is 37.8 Å². The van der Waals surface area contributed by atoms with E-state index >= 15 is 0 Å². The van der Waals surface area contributed by atoms with Gasteiger partial charge in [-0.2, -0.15) is 0 Å². The van der Waals surface area contributed by atoms with Crippen LogP contribution in [0.25, 0.3) is 0 Å². The number of anilines is 2. The predicted molar refractivity (Wildman–Crippen MR) is 81.2 cm³/mol. The highest BCUT2D eigenvalue weighted by Gasteiger charge is 2.09. The number of nitrogens with one attached hydrogen (secondary N) is 1. The number of halogens is 3. The summed E-state index contributed by atoms with van der Waals surface area (Å²) in [6.07, 6.45) is 0. The first-order chi connectivity index (χ1) is 8.95. The monoisotopic (exact) mass is 387 g/mol. The molecule has 0 saturated carbocycles. The lowest BCUT2D eigenvalue weighted by Crippen LogP contribution is -2.03. The first kappa shape index (κ1) is 14.4. The molecular weight excluding hydrogens is 377 g/mol. The Balaban J connectivity index is 2.35. The fourth-order valence-electron chi connectivity index (χ4n) is 1.49. The van der Waals surface area contributed by atoms with Crippen molar-refractivity contribution in [3.05, 3.63) is 45.0 Å². The number of hydrogen-bond acceptors (Lipinski definition) is 3. The Bertz CT molecular complexity index is 602. The molecule has 0 radical (unpaired) electrons. The molecule has 2 rings (SSSR count). The van der Waals surface area contributed by atoms with Crippen molar-refractivity contribution in [1.29, 1.82) is 0 Å². The van der Waals surface area contributed by atoms with Crippen LogP contribution in [0.2, 0.25) is 0 Å². The van der Waals surface area contributed by atoms with Gasteiger partial charge < -0.3 is 5.32 Å². The number of benzene rings is 1. The van der Waals surface area contributed by atoms with Crippen LogP contribution in [0.4, 0.5) is 15.9 Å². The molecule has 1 heterocycles. The fourth-order valence-corrected chi connectivity index (χ4v) is 2.25. The third-order valence-corrected chi connectivity index (χ3v) is 3.32. The molecule has 0 spiro atoms. The van der Waals surface area contributed by atoms with Crippen molar-refractivity contribution in [2.45, 2.75) is 19.8 Å². The van der Waals surface area contributed by atoms with Crippen molar-refractivity contribution in [2.24, 2.45) is 0 Å². The summed E-state index contributed by atoms with van der Waals surface area (Å²) in [4.78, 5) is 8.64. The van der Waals surface area contributed by atoms with E-state index in [0.29, 0.717) is 21.9 Å². The normalized spacial score (nSPS) is 10.8. The fraction of sp³-hybridized carbons (Fsp3) is 0.231. The zero-order valence-corrected chi connectivity index (χ0v) is 13.6. The Labute approximate surface area is 127 Å². The largest absolute Gasteiger partial charge is 0.338 e. The molecule has 1 aromatic carbocycles. The van der Waals surface area contributed by atoms with E-state index in [-0.39, 0.29) is 11.7 Å². The summed E-state index contributed by atoms with van der Waals surface area (Å²) in [7, 11) is 0. The minimum Gasteiger partial charge on any atom is -0.338 e. The minimum absolute atomic E-state index is 0.199. The van der Waals surface area contributed by atoms with Crippen molar-refractivity contribution in [3.8, 4) is 0 Å². The maximum atomic E-state index is 13.7. The Morgan fingerprint density at radius 3 is 2.58 bits per heavy atom.